The average Bonchev–Trinajstić information content (AvgIpc) is 2.00. The van der Waals surface area contributed by atoms with Gasteiger partial charge in [0.2, 0.25) is 5.91 Å². The Morgan fingerprint density at radius 3 is 2.27 bits per heavy atom. The molecule has 0 aromatic rings. The van der Waals surface area contributed by atoms with Crippen molar-refractivity contribution in [1.82, 2.24) is 5.32 Å². The number of hydrogen-bond acceptors (Lipinski definition) is 3. The van der Waals surface area contributed by atoms with Crippen molar-refractivity contribution in [1.29, 1.82) is 0 Å². The molecular formula is C11H21NO3. The van der Waals surface area contributed by atoms with Crippen LogP contribution in [-0.4, -0.2) is 24.0 Å². The molecule has 4 heteroatoms. The third-order valence-electron chi connectivity index (χ3n) is 1.58. The van der Waals surface area contributed by atoms with E-state index in [-0.39, 0.29) is 11.9 Å². The van der Waals surface area contributed by atoms with Crippen LogP contribution < -0.4 is 5.32 Å². The van der Waals surface area contributed by atoms with Crippen molar-refractivity contribution < 1.29 is 14.3 Å². The molecule has 0 rings (SSSR count). The molecule has 0 fully saturated rings. The lowest BCUT2D eigenvalue weighted by Gasteiger charge is -2.19. The van der Waals surface area contributed by atoms with Crippen LogP contribution in [0.3, 0.4) is 0 Å². The molecule has 0 bridgehead atoms. The van der Waals surface area contributed by atoms with Crippen LogP contribution in [-0.2, 0) is 14.3 Å². The number of nitrogens with one attached hydrogen (secondary N) is 1. The quantitative estimate of drug-likeness (QED) is 0.709. The van der Waals surface area contributed by atoms with Gasteiger partial charge in [0, 0.05) is 19.4 Å². The topological polar surface area (TPSA) is 55.4 Å². The van der Waals surface area contributed by atoms with Gasteiger partial charge in [-0.05, 0) is 34.1 Å². The van der Waals surface area contributed by atoms with E-state index in [9.17, 15) is 9.59 Å². The van der Waals surface area contributed by atoms with Crippen molar-refractivity contribution in [3.63, 3.8) is 0 Å². The van der Waals surface area contributed by atoms with Crippen molar-refractivity contribution >= 4 is 11.9 Å². The second-order valence-electron chi connectivity index (χ2n) is 4.39. The third-order valence-corrected chi connectivity index (χ3v) is 1.58. The van der Waals surface area contributed by atoms with E-state index < -0.39 is 5.60 Å². The van der Waals surface area contributed by atoms with Gasteiger partial charge in [-0.1, -0.05) is 0 Å². The maximum atomic E-state index is 11.2. The standard InChI is InChI=1S/C11H21NO3/c1-5-12-9(13)7-6-8-10(14)15-11(2,3)4/h5-8H2,1-4H3,(H,12,13). The molecule has 1 N–H and O–H groups in total. The van der Waals surface area contributed by atoms with Crippen LogP contribution in [0.2, 0.25) is 0 Å². The predicted octanol–water partition coefficient (Wildman–Crippen LogP) is 1.63. The third kappa shape index (κ3) is 9.25. The molecule has 0 aliphatic rings. The second kappa shape index (κ2) is 6.43. The highest BCUT2D eigenvalue weighted by Crippen LogP contribution is 2.09. The number of amides is 1. The minimum Gasteiger partial charge on any atom is -0.460 e. The van der Waals surface area contributed by atoms with Gasteiger partial charge in [-0.25, -0.2) is 0 Å². The van der Waals surface area contributed by atoms with E-state index in [1.165, 1.54) is 0 Å². The number of esters is 1. The maximum Gasteiger partial charge on any atom is 0.306 e. The lowest BCUT2D eigenvalue weighted by atomic mass is 10.2. The van der Waals surface area contributed by atoms with Crippen LogP contribution in [0, 0.1) is 0 Å². The minimum atomic E-state index is -0.442. The first kappa shape index (κ1) is 13.9. The summed E-state index contributed by atoms with van der Waals surface area (Å²) in [5, 5.41) is 2.68. The van der Waals surface area contributed by atoms with E-state index in [1.54, 1.807) is 0 Å². The van der Waals surface area contributed by atoms with Crippen LogP contribution in [0.15, 0.2) is 0 Å². The highest BCUT2D eigenvalue weighted by molar-refractivity contribution is 5.76. The summed E-state index contributed by atoms with van der Waals surface area (Å²) in [5.41, 5.74) is -0.442. The SMILES string of the molecule is CCNC(=O)CCCC(=O)OC(C)(C)C. The van der Waals surface area contributed by atoms with Gasteiger partial charge in [0.25, 0.3) is 0 Å². The summed E-state index contributed by atoms with van der Waals surface area (Å²) < 4.78 is 5.11. The zero-order valence-electron chi connectivity index (χ0n) is 10.1. The molecule has 15 heavy (non-hydrogen) atoms. The number of hydrogen-bond donors (Lipinski definition) is 1. The summed E-state index contributed by atoms with van der Waals surface area (Å²) >= 11 is 0. The van der Waals surface area contributed by atoms with E-state index in [1.807, 2.05) is 27.7 Å². The fourth-order valence-electron chi connectivity index (χ4n) is 1.07. The van der Waals surface area contributed by atoms with Crippen molar-refractivity contribution in [3.8, 4) is 0 Å². The molecule has 0 aliphatic carbocycles. The van der Waals surface area contributed by atoms with Crippen LogP contribution >= 0.6 is 0 Å². The molecular weight excluding hydrogens is 194 g/mol. The lowest BCUT2D eigenvalue weighted by Crippen LogP contribution is -2.25. The zero-order chi connectivity index (χ0) is 11.9. The first-order chi connectivity index (χ1) is 6.85. The Labute approximate surface area is 91.4 Å². The van der Waals surface area contributed by atoms with E-state index in [0.29, 0.717) is 25.8 Å². The number of carbonyl (C=O) groups is 2. The summed E-state index contributed by atoms with van der Waals surface area (Å²) in [6.45, 7) is 7.98. The minimum absolute atomic E-state index is 0.0129. The monoisotopic (exact) mass is 215 g/mol. The molecule has 0 unspecified atom stereocenters. The van der Waals surface area contributed by atoms with E-state index in [4.69, 9.17) is 4.74 Å². The summed E-state index contributed by atoms with van der Waals surface area (Å²) in [6, 6.07) is 0. The van der Waals surface area contributed by atoms with Gasteiger partial charge >= 0.3 is 5.97 Å². The van der Waals surface area contributed by atoms with E-state index >= 15 is 0 Å². The lowest BCUT2D eigenvalue weighted by molar-refractivity contribution is -0.154. The fraction of sp³-hybridized carbons (Fsp3) is 0.818. The van der Waals surface area contributed by atoms with Crippen LogP contribution in [0.25, 0.3) is 0 Å². The van der Waals surface area contributed by atoms with E-state index in [2.05, 4.69) is 5.32 Å². The average molecular weight is 215 g/mol. The van der Waals surface area contributed by atoms with Gasteiger partial charge < -0.3 is 10.1 Å². The van der Waals surface area contributed by atoms with Crippen molar-refractivity contribution in [2.24, 2.45) is 0 Å². The molecule has 0 heterocycles. The van der Waals surface area contributed by atoms with Crippen molar-refractivity contribution in [2.75, 3.05) is 6.54 Å². The molecule has 4 nitrogen and oxygen atoms in total. The molecule has 0 saturated heterocycles. The van der Waals surface area contributed by atoms with Gasteiger partial charge in [-0.2, -0.15) is 0 Å². The Kier molecular flexibility index (Phi) is 5.97. The van der Waals surface area contributed by atoms with Crippen LogP contribution in [0.1, 0.15) is 47.0 Å². The number of rotatable bonds is 5. The smallest absolute Gasteiger partial charge is 0.306 e. The molecule has 1 amide bonds. The Morgan fingerprint density at radius 2 is 1.80 bits per heavy atom. The Morgan fingerprint density at radius 1 is 1.20 bits per heavy atom. The van der Waals surface area contributed by atoms with Gasteiger partial charge in [0.15, 0.2) is 0 Å². The largest absolute Gasteiger partial charge is 0.460 e. The highest BCUT2D eigenvalue weighted by atomic mass is 16.6. The number of carbonyl (C=O) groups excluding carboxylic acids is 2. The van der Waals surface area contributed by atoms with E-state index in [0.717, 1.165) is 0 Å². The Hall–Kier alpha value is -1.06. The molecule has 0 aliphatic heterocycles. The molecule has 88 valence electrons. The Bertz CT molecular complexity index is 218. The molecule has 0 aromatic heterocycles. The maximum absolute atomic E-state index is 11.2. The Balaban J connectivity index is 3.60. The highest BCUT2D eigenvalue weighted by Gasteiger charge is 2.15. The first-order valence-electron chi connectivity index (χ1n) is 5.33. The zero-order valence-corrected chi connectivity index (χ0v) is 10.1. The molecule has 0 spiro atoms. The van der Waals surface area contributed by atoms with Crippen molar-refractivity contribution in [2.45, 2.75) is 52.6 Å². The van der Waals surface area contributed by atoms with Gasteiger partial charge in [0.05, 0.1) is 0 Å². The summed E-state index contributed by atoms with van der Waals surface area (Å²) in [4.78, 5) is 22.3. The fourth-order valence-corrected chi connectivity index (χ4v) is 1.07. The second-order valence-corrected chi connectivity index (χ2v) is 4.39. The van der Waals surface area contributed by atoms with Gasteiger partial charge in [0.1, 0.15) is 5.60 Å². The summed E-state index contributed by atoms with van der Waals surface area (Å²) in [5.74, 6) is -0.257. The molecule has 0 atom stereocenters. The van der Waals surface area contributed by atoms with Crippen LogP contribution in [0.5, 0.6) is 0 Å². The molecule has 0 radical (unpaired) electrons. The normalized spacial score (nSPS) is 10.9. The first-order valence-corrected chi connectivity index (χ1v) is 5.33. The van der Waals surface area contributed by atoms with Crippen molar-refractivity contribution in [3.05, 3.63) is 0 Å². The number of ether oxygens (including phenoxy) is 1. The molecule has 0 aromatic carbocycles. The summed E-state index contributed by atoms with van der Waals surface area (Å²) in [6.07, 6.45) is 1.22. The van der Waals surface area contributed by atoms with Crippen LogP contribution in [0.4, 0.5) is 0 Å². The van der Waals surface area contributed by atoms with Gasteiger partial charge in [-0.3, -0.25) is 9.59 Å². The van der Waals surface area contributed by atoms with Gasteiger partial charge in [-0.15, -0.1) is 0 Å². The summed E-state index contributed by atoms with van der Waals surface area (Å²) in [7, 11) is 0. The molecule has 0 saturated carbocycles. The predicted molar refractivity (Wildman–Crippen MR) is 58.4 cm³/mol.